The zero-order chi connectivity index (χ0) is 19.4. The second-order valence-electron chi connectivity index (χ2n) is 5.85. The molecule has 1 aromatic heterocycles. The molecule has 0 atom stereocenters. The average Bonchev–Trinajstić information content (AvgIpc) is 3.15. The van der Waals surface area contributed by atoms with Crippen molar-refractivity contribution in [1.82, 2.24) is 4.90 Å². The lowest BCUT2D eigenvalue weighted by Gasteiger charge is -2.17. The molecule has 0 aliphatic rings. The number of rotatable bonds is 6. The molecule has 2 aromatic carbocycles. The van der Waals surface area contributed by atoms with Gasteiger partial charge in [-0.1, -0.05) is 35.9 Å². The lowest BCUT2D eigenvalue weighted by molar-refractivity contribution is 0.0786. The molecule has 0 fully saturated rings. The smallest absolute Gasteiger partial charge is 0.261 e. The van der Waals surface area contributed by atoms with Crippen LogP contribution in [0.4, 0.5) is 5.69 Å². The van der Waals surface area contributed by atoms with Gasteiger partial charge in [0.1, 0.15) is 0 Å². The van der Waals surface area contributed by atoms with Gasteiger partial charge in [-0.15, -0.1) is 11.3 Å². The van der Waals surface area contributed by atoms with E-state index in [1.165, 1.54) is 30.3 Å². The van der Waals surface area contributed by atoms with Crippen LogP contribution in [-0.2, 0) is 16.6 Å². The summed E-state index contributed by atoms with van der Waals surface area (Å²) in [6.45, 7) is 0.481. The summed E-state index contributed by atoms with van der Waals surface area (Å²) in [7, 11) is -2.02. The highest BCUT2D eigenvalue weighted by Gasteiger charge is 2.18. The van der Waals surface area contributed by atoms with Gasteiger partial charge in [-0.3, -0.25) is 9.52 Å². The molecule has 0 saturated heterocycles. The highest BCUT2D eigenvalue weighted by Crippen LogP contribution is 2.25. The Kier molecular flexibility index (Phi) is 5.84. The first-order valence-corrected chi connectivity index (χ1v) is 10.8. The van der Waals surface area contributed by atoms with Gasteiger partial charge in [0.2, 0.25) is 0 Å². The van der Waals surface area contributed by atoms with E-state index in [0.29, 0.717) is 17.8 Å². The molecule has 8 heteroatoms. The van der Waals surface area contributed by atoms with Crippen molar-refractivity contribution < 1.29 is 13.2 Å². The summed E-state index contributed by atoms with van der Waals surface area (Å²) >= 11 is 7.82. The number of thiophene rings is 1. The number of carbonyl (C=O) groups is 1. The molecule has 0 saturated carbocycles. The molecule has 27 heavy (non-hydrogen) atoms. The normalized spacial score (nSPS) is 11.2. The quantitative estimate of drug-likeness (QED) is 0.639. The summed E-state index contributed by atoms with van der Waals surface area (Å²) in [5, 5.41) is 2.14. The van der Waals surface area contributed by atoms with Crippen molar-refractivity contribution in [2.75, 3.05) is 11.8 Å². The highest BCUT2D eigenvalue weighted by molar-refractivity contribution is 7.92. The number of carbonyl (C=O) groups excluding carboxylic acids is 1. The molecule has 0 aliphatic carbocycles. The average molecular weight is 421 g/mol. The number of nitrogens with one attached hydrogen (secondary N) is 1. The number of nitrogens with zero attached hydrogens (tertiary/aromatic N) is 1. The number of sulfonamides is 1. The third kappa shape index (κ3) is 4.68. The monoisotopic (exact) mass is 420 g/mol. The zero-order valence-electron chi connectivity index (χ0n) is 14.4. The number of hydrogen-bond donors (Lipinski definition) is 1. The highest BCUT2D eigenvalue weighted by atomic mass is 35.5. The fraction of sp³-hybridized carbons (Fsp3) is 0.105. The van der Waals surface area contributed by atoms with Gasteiger partial charge in [0.05, 0.1) is 27.7 Å². The van der Waals surface area contributed by atoms with Gasteiger partial charge in [0, 0.05) is 11.9 Å². The fourth-order valence-electron chi connectivity index (χ4n) is 2.48. The number of halogens is 1. The van der Waals surface area contributed by atoms with E-state index >= 15 is 0 Å². The van der Waals surface area contributed by atoms with E-state index in [-0.39, 0.29) is 15.8 Å². The van der Waals surface area contributed by atoms with Gasteiger partial charge in [-0.25, -0.2) is 8.42 Å². The fourth-order valence-corrected chi connectivity index (χ4v) is 4.57. The van der Waals surface area contributed by atoms with Crippen LogP contribution < -0.4 is 4.72 Å². The van der Waals surface area contributed by atoms with Crippen molar-refractivity contribution in [3.63, 3.8) is 0 Å². The van der Waals surface area contributed by atoms with Crippen LogP contribution in [0.25, 0.3) is 0 Å². The second kappa shape index (κ2) is 8.12. The molecule has 1 heterocycles. The van der Waals surface area contributed by atoms with Gasteiger partial charge in [0.25, 0.3) is 15.9 Å². The topological polar surface area (TPSA) is 66.5 Å². The summed E-state index contributed by atoms with van der Waals surface area (Å²) in [6, 6.07) is 16.4. The molecular formula is C19H17ClN2O3S2. The predicted octanol–water partition coefficient (Wildman–Crippen LogP) is 4.47. The Labute approximate surface area is 167 Å². The Morgan fingerprint density at radius 1 is 1.11 bits per heavy atom. The van der Waals surface area contributed by atoms with Crippen molar-refractivity contribution in [3.05, 3.63) is 81.5 Å². The van der Waals surface area contributed by atoms with Gasteiger partial charge < -0.3 is 4.90 Å². The van der Waals surface area contributed by atoms with E-state index in [1.807, 2.05) is 17.5 Å². The molecule has 1 amide bonds. The first kappa shape index (κ1) is 19.4. The van der Waals surface area contributed by atoms with Gasteiger partial charge >= 0.3 is 0 Å². The summed E-state index contributed by atoms with van der Waals surface area (Å²) in [6.07, 6.45) is 0. The molecule has 0 unspecified atom stereocenters. The van der Waals surface area contributed by atoms with Gasteiger partial charge in [-0.2, -0.15) is 0 Å². The minimum absolute atomic E-state index is 0.150. The third-order valence-electron chi connectivity index (χ3n) is 3.83. The Hall–Kier alpha value is -2.35. The van der Waals surface area contributed by atoms with Crippen LogP contribution in [0.15, 0.2) is 70.9 Å². The van der Waals surface area contributed by atoms with E-state index in [4.69, 9.17) is 11.6 Å². The van der Waals surface area contributed by atoms with E-state index in [1.54, 1.807) is 41.5 Å². The van der Waals surface area contributed by atoms with E-state index < -0.39 is 10.0 Å². The van der Waals surface area contributed by atoms with Crippen LogP contribution in [0.5, 0.6) is 0 Å². The third-order valence-corrected chi connectivity index (χ3v) is 6.40. The van der Waals surface area contributed by atoms with E-state index in [2.05, 4.69) is 4.72 Å². The van der Waals surface area contributed by atoms with Crippen molar-refractivity contribution in [2.24, 2.45) is 0 Å². The maximum absolute atomic E-state index is 12.6. The number of hydrogen-bond acceptors (Lipinski definition) is 4. The van der Waals surface area contributed by atoms with Crippen LogP contribution in [-0.4, -0.2) is 26.3 Å². The van der Waals surface area contributed by atoms with Crippen molar-refractivity contribution in [1.29, 1.82) is 0 Å². The Balaban J connectivity index is 1.76. The standard InChI is InChI=1S/C19H17ClN2O3S2/c1-22(13-15-6-5-11-26-15)19(23)17-10-9-14(12-18(17)20)21-27(24,25)16-7-3-2-4-8-16/h2-12,21H,13H2,1H3. The molecule has 0 radical (unpaired) electrons. The first-order chi connectivity index (χ1) is 12.9. The molecule has 140 valence electrons. The lowest BCUT2D eigenvalue weighted by atomic mass is 10.2. The van der Waals surface area contributed by atoms with E-state index in [0.717, 1.165) is 4.88 Å². The predicted molar refractivity (Wildman–Crippen MR) is 109 cm³/mol. The summed E-state index contributed by atoms with van der Waals surface area (Å²) in [5.74, 6) is -0.231. The lowest BCUT2D eigenvalue weighted by Crippen LogP contribution is -2.26. The molecule has 3 rings (SSSR count). The number of amides is 1. The molecule has 3 aromatic rings. The molecular weight excluding hydrogens is 404 g/mol. The maximum Gasteiger partial charge on any atom is 0.261 e. The van der Waals surface area contributed by atoms with Crippen LogP contribution in [0.1, 0.15) is 15.2 Å². The van der Waals surface area contributed by atoms with Crippen molar-refractivity contribution >= 4 is 44.6 Å². The number of benzene rings is 2. The SMILES string of the molecule is CN(Cc1cccs1)C(=O)c1ccc(NS(=O)(=O)c2ccccc2)cc1Cl. The first-order valence-electron chi connectivity index (χ1n) is 8.02. The van der Waals surface area contributed by atoms with Crippen LogP contribution in [0.2, 0.25) is 5.02 Å². The van der Waals surface area contributed by atoms with Gasteiger partial charge in [-0.05, 0) is 41.8 Å². The van der Waals surface area contributed by atoms with Crippen molar-refractivity contribution in [2.45, 2.75) is 11.4 Å². The molecule has 0 spiro atoms. The second-order valence-corrected chi connectivity index (χ2v) is 8.98. The maximum atomic E-state index is 12.6. The molecule has 5 nitrogen and oxygen atoms in total. The van der Waals surface area contributed by atoms with Crippen molar-refractivity contribution in [3.8, 4) is 0 Å². The Morgan fingerprint density at radius 3 is 2.48 bits per heavy atom. The number of anilines is 1. The summed E-state index contributed by atoms with van der Waals surface area (Å²) in [5.41, 5.74) is 0.611. The minimum atomic E-state index is -3.72. The van der Waals surface area contributed by atoms with E-state index in [9.17, 15) is 13.2 Å². The minimum Gasteiger partial charge on any atom is -0.337 e. The molecule has 0 bridgehead atoms. The Morgan fingerprint density at radius 2 is 1.85 bits per heavy atom. The van der Waals surface area contributed by atoms with Crippen LogP contribution in [0.3, 0.4) is 0 Å². The van der Waals surface area contributed by atoms with Crippen LogP contribution in [0, 0.1) is 0 Å². The summed E-state index contributed by atoms with van der Waals surface area (Å²) in [4.78, 5) is 15.4. The zero-order valence-corrected chi connectivity index (χ0v) is 16.8. The van der Waals surface area contributed by atoms with Crippen LogP contribution >= 0.6 is 22.9 Å². The molecule has 1 N–H and O–H groups in total. The largest absolute Gasteiger partial charge is 0.337 e. The Bertz CT molecular complexity index is 1040. The molecule has 0 aliphatic heterocycles. The summed E-state index contributed by atoms with van der Waals surface area (Å²) < 4.78 is 27.3. The van der Waals surface area contributed by atoms with Gasteiger partial charge in [0.15, 0.2) is 0 Å².